The second kappa shape index (κ2) is 4.94. The molecule has 2 aliphatic rings. The fourth-order valence-corrected chi connectivity index (χ4v) is 2.47. The van der Waals surface area contributed by atoms with Gasteiger partial charge in [0.05, 0.1) is 5.92 Å². The molecular formula is C13H24N2O2. The molecule has 2 rings (SSSR count). The fraction of sp³-hybridized carbons (Fsp3) is 0.923. The van der Waals surface area contributed by atoms with Crippen molar-refractivity contribution in [2.45, 2.75) is 45.3 Å². The average Bonchev–Trinajstić information content (AvgIpc) is 2.12. The third-order valence-corrected chi connectivity index (χ3v) is 3.47. The van der Waals surface area contributed by atoms with Crippen LogP contribution in [-0.4, -0.2) is 48.7 Å². The predicted molar refractivity (Wildman–Crippen MR) is 66.8 cm³/mol. The van der Waals surface area contributed by atoms with Crippen molar-refractivity contribution in [2.24, 2.45) is 5.92 Å². The largest absolute Gasteiger partial charge is 0.460 e. The van der Waals surface area contributed by atoms with E-state index in [4.69, 9.17) is 4.74 Å². The minimum atomic E-state index is -0.374. The van der Waals surface area contributed by atoms with E-state index >= 15 is 0 Å². The van der Waals surface area contributed by atoms with E-state index in [-0.39, 0.29) is 17.5 Å². The summed E-state index contributed by atoms with van der Waals surface area (Å²) >= 11 is 0. The molecule has 0 aromatic carbocycles. The van der Waals surface area contributed by atoms with Crippen LogP contribution in [0, 0.1) is 5.92 Å². The molecule has 98 valence electrons. The lowest BCUT2D eigenvalue weighted by Crippen LogP contribution is -2.55. The first kappa shape index (κ1) is 12.8. The highest BCUT2D eigenvalue weighted by molar-refractivity contribution is 5.73. The summed E-state index contributed by atoms with van der Waals surface area (Å²) in [5.74, 6) is -0.0243. The highest BCUT2D eigenvalue weighted by atomic mass is 16.6. The summed E-state index contributed by atoms with van der Waals surface area (Å²) < 4.78 is 5.46. The van der Waals surface area contributed by atoms with Crippen molar-refractivity contribution in [3.63, 3.8) is 0 Å². The minimum absolute atomic E-state index is 0.0218. The van der Waals surface area contributed by atoms with Gasteiger partial charge >= 0.3 is 5.97 Å². The Balaban J connectivity index is 1.85. The smallest absolute Gasteiger partial charge is 0.310 e. The zero-order valence-corrected chi connectivity index (χ0v) is 11.2. The van der Waals surface area contributed by atoms with Crippen molar-refractivity contribution < 1.29 is 9.53 Å². The first-order chi connectivity index (χ1) is 7.96. The molecule has 1 N–H and O–H groups in total. The minimum Gasteiger partial charge on any atom is -0.460 e. The second-order valence-corrected chi connectivity index (χ2v) is 6.17. The van der Waals surface area contributed by atoms with Gasteiger partial charge in [-0.1, -0.05) is 0 Å². The number of hydrogen-bond acceptors (Lipinski definition) is 4. The van der Waals surface area contributed by atoms with Crippen LogP contribution in [0.15, 0.2) is 0 Å². The number of likely N-dealkylation sites (tertiary alicyclic amines) is 1. The summed E-state index contributed by atoms with van der Waals surface area (Å²) in [7, 11) is 0. The Labute approximate surface area is 104 Å². The van der Waals surface area contributed by atoms with E-state index < -0.39 is 0 Å². The number of ether oxygens (including phenoxy) is 1. The maximum absolute atomic E-state index is 12.0. The summed E-state index contributed by atoms with van der Waals surface area (Å²) in [6.45, 7) is 9.93. The zero-order valence-electron chi connectivity index (χ0n) is 11.2. The average molecular weight is 240 g/mol. The van der Waals surface area contributed by atoms with E-state index in [2.05, 4.69) is 10.2 Å². The lowest BCUT2D eigenvalue weighted by Gasteiger charge is -2.42. The van der Waals surface area contributed by atoms with Crippen LogP contribution < -0.4 is 5.32 Å². The summed E-state index contributed by atoms with van der Waals surface area (Å²) in [6, 6.07) is 0.523. The molecule has 0 unspecified atom stereocenters. The van der Waals surface area contributed by atoms with E-state index in [0.29, 0.717) is 6.04 Å². The molecule has 0 bridgehead atoms. The first-order valence-electron chi connectivity index (χ1n) is 6.63. The molecule has 2 aliphatic heterocycles. The molecule has 0 aromatic rings. The van der Waals surface area contributed by atoms with Gasteiger partial charge in [0, 0.05) is 19.1 Å². The number of hydrogen-bond donors (Lipinski definition) is 1. The summed E-state index contributed by atoms with van der Waals surface area (Å²) in [5, 5.41) is 3.36. The van der Waals surface area contributed by atoms with E-state index in [0.717, 1.165) is 19.5 Å². The number of nitrogens with one attached hydrogen (secondary N) is 1. The standard InChI is InChI=1S/C13H24N2O2/c1-13(2,3)17-12(16)10-7-11(9-14-8-10)15-5-4-6-15/h10-11,14H,4-9H2,1-3H3/t10-,11+/m0/s1. The van der Waals surface area contributed by atoms with E-state index in [1.807, 2.05) is 20.8 Å². The predicted octanol–water partition coefficient (Wildman–Crippen LogP) is 1.01. The molecule has 0 amide bonds. The summed E-state index contributed by atoms with van der Waals surface area (Å²) in [4.78, 5) is 14.5. The monoisotopic (exact) mass is 240 g/mol. The van der Waals surface area contributed by atoms with Crippen LogP contribution in [0.3, 0.4) is 0 Å². The highest BCUT2D eigenvalue weighted by Crippen LogP contribution is 2.22. The summed E-state index contributed by atoms with van der Waals surface area (Å²) in [5.41, 5.74) is -0.374. The van der Waals surface area contributed by atoms with Crippen LogP contribution in [0.2, 0.25) is 0 Å². The van der Waals surface area contributed by atoms with Crippen molar-refractivity contribution in [2.75, 3.05) is 26.2 Å². The Morgan fingerprint density at radius 1 is 1.29 bits per heavy atom. The maximum Gasteiger partial charge on any atom is 0.310 e. The molecule has 0 radical (unpaired) electrons. The van der Waals surface area contributed by atoms with Gasteiger partial charge in [-0.05, 0) is 46.7 Å². The Hall–Kier alpha value is -0.610. The number of piperidine rings is 1. The molecular weight excluding hydrogens is 216 g/mol. The topological polar surface area (TPSA) is 41.6 Å². The Kier molecular flexibility index (Phi) is 3.73. The molecule has 2 heterocycles. The first-order valence-corrected chi connectivity index (χ1v) is 6.63. The molecule has 0 aromatic heterocycles. The van der Waals surface area contributed by atoms with Gasteiger partial charge in [-0.15, -0.1) is 0 Å². The van der Waals surface area contributed by atoms with Crippen molar-refractivity contribution in [3.05, 3.63) is 0 Å². The van der Waals surface area contributed by atoms with Gasteiger partial charge in [0.2, 0.25) is 0 Å². The van der Waals surface area contributed by atoms with E-state index in [1.54, 1.807) is 0 Å². The van der Waals surface area contributed by atoms with Gasteiger partial charge in [0.1, 0.15) is 5.60 Å². The number of carbonyl (C=O) groups excluding carboxylic acids is 1. The van der Waals surface area contributed by atoms with Gasteiger partial charge in [-0.3, -0.25) is 9.69 Å². The molecule has 4 heteroatoms. The van der Waals surface area contributed by atoms with Gasteiger partial charge in [0.25, 0.3) is 0 Å². The Morgan fingerprint density at radius 2 is 2.00 bits per heavy atom. The SMILES string of the molecule is CC(C)(C)OC(=O)[C@@H]1CNC[C@H](N2CCC2)C1. The highest BCUT2D eigenvalue weighted by Gasteiger charge is 2.34. The lowest BCUT2D eigenvalue weighted by atomic mass is 9.93. The van der Waals surface area contributed by atoms with Crippen LogP contribution in [0.4, 0.5) is 0 Å². The molecule has 17 heavy (non-hydrogen) atoms. The molecule has 2 atom stereocenters. The van der Waals surface area contributed by atoms with Crippen LogP contribution in [-0.2, 0) is 9.53 Å². The van der Waals surface area contributed by atoms with Gasteiger partial charge in [-0.25, -0.2) is 0 Å². The summed E-state index contributed by atoms with van der Waals surface area (Å²) in [6.07, 6.45) is 2.25. The Morgan fingerprint density at radius 3 is 2.53 bits per heavy atom. The van der Waals surface area contributed by atoms with Crippen LogP contribution in [0.5, 0.6) is 0 Å². The van der Waals surface area contributed by atoms with Crippen molar-refractivity contribution in [1.29, 1.82) is 0 Å². The van der Waals surface area contributed by atoms with Crippen molar-refractivity contribution in [1.82, 2.24) is 10.2 Å². The third kappa shape index (κ3) is 3.42. The number of rotatable bonds is 2. The second-order valence-electron chi connectivity index (χ2n) is 6.17. The molecule has 0 saturated carbocycles. The van der Waals surface area contributed by atoms with Gasteiger partial charge in [-0.2, -0.15) is 0 Å². The molecule has 0 aliphatic carbocycles. The fourth-order valence-electron chi connectivity index (χ4n) is 2.47. The van der Waals surface area contributed by atoms with Gasteiger partial charge < -0.3 is 10.1 Å². The van der Waals surface area contributed by atoms with E-state index in [1.165, 1.54) is 19.5 Å². The van der Waals surface area contributed by atoms with Crippen molar-refractivity contribution in [3.8, 4) is 0 Å². The Bertz CT molecular complexity index is 282. The lowest BCUT2D eigenvalue weighted by molar-refractivity contribution is -0.161. The third-order valence-electron chi connectivity index (χ3n) is 3.47. The van der Waals surface area contributed by atoms with E-state index in [9.17, 15) is 4.79 Å². The zero-order chi connectivity index (χ0) is 12.5. The molecule has 2 saturated heterocycles. The number of carbonyl (C=O) groups is 1. The molecule has 2 fully saturated rings. The maximum atomic E-state index is 12.0. The van der Waals surface area contributed by atoms with Crippen molar-refractivity contribution >= 4 is 5.97 Å². The molecule has 4 nitrogen and oxygen atoms in total. The number of esters is 1. The van der Waals surface area contributed by atoms with Crippen LogP contribution in [0.1, 0.15) is 33.6 Å². The number of nitrogens with zero attached hydrogens (tertiary/aromatic N) is 1. The molecule has 0 spiro atoms. The van der Waals surface area contributed by atoms with Crippen LogP contribution in [0.25, 0.3) is 0 Å². The van der Waals surface area contributed by atoms with Crippen LogP contribution >= 0.6 is 0 Å². The normalized spacial score (nSPS) is 30.8. The quantitative estimate of drug-likeness (QED) is 0.732. The van der Waals surface area contributed by atoms with Gasteiger partial charge in [0.15, 0.2) is 0 Å².